The van der Waals surface area contributed by atoms with Gasteiger partial charge in [-0.25, -0.2) is 0 Å². The molecule has 3 aromatic carbocycles. The number of hydrogen-bond acceptors (Lipinski definition) is 4. The number of ether oxygens (including phenoxy) is 1. The first-order chi connectivity index (χ1) is 16.1. The van der Waals surface area contributed by atoms with Crippen molar-refractivity contribution in [1.82, 2.24) is 4.90 Å². The van der Waals surface area contributed by atoms with Gasteiger partial charge in [0.2, 0.25) is 0 Å². The van der Waals surface area contributed by atoms with Crippen molar-refractivity contribution in [2.75, 3.05) is 6.54 Å². The molecule has 0 amide bonds. The highest BCUT2D eigenvalue weighted by atomic mass is 32.1. The van der Waals surface area contributed by atoms with Gasteiger partial charge in [0.1, 0.15) is 5.54 Å². The fourth-order valence-electron chi connectivity index (χ4n) is 4.65. The summed E-state index contributed by atoms with van der Waals surface area (Å²) in [5, 5.41) is 2.11. The summed E-state index contributed by atoms with van der Waals surface area (Å²) < 4.78 is 5.84. The number of carbonyl (C=O) groups excluding carboxylic acids is 1. The van der Waals surface area contributed by atoms with Crippen molar-refractivity contribution in [2.45, 2.75) is 32.0 Å². The number of esters is 1. The van der Waals surface area contributed by atoms with E-state index in [0.29, 0.717) is 6.54 Å². The molecule has 1 atom stereocenters. The van der Waals surface area contributed by atoms with E-state index >= 15 is 0 Å². The molecule has 4 heteroatoms. The smallest absolute Gasteiger partial charge is 0.304 e. The second-order valence-corrected chi connectivity index (χ2v) is 9.07. The van der Waals surface area contributed by atoms with E-state index < -0.39 is 11.8 Å². The van der Waals surface area contributed by atoms with Crippen LogP contribution in [-0.4, -0.2) is 23.6 Å². The second kappa shape index (κ2) is 10.6. The number of hydrogen-bond donors (Lipinski definition) is 0. The minimum Gasteiger partial charge on any atom is -0.447 e. The maximum atomic E-state index is 12.1. The Labute approximate surface area is 200 Å². The molecule has 0 radical (unpaired) electrons. The van der Waals surface area contributed by atoms with Crippen LogP contribution < -0.4 is 0 Å². The topological polar surface area (TPSA) is 29.5 Å². The lowest BCUT2D eigenvalue weighted by Gasteiger charge is -2.47. The van der Waals surface area contributed by atoms with Gasteiger partial charge in [-0.05, 0) is 41.5 Å². The van der Waals surface area contributed by atoms with E-state index in [4.69, 9.17) is 4.74 Å². The zero-order valence-corrected chi connectivity index (χ0v) is 19.9. The average molecular weight is 456 g/mol. The number of nitrogens with zero attached hydrogens (tertiary/aromatic N) is 1. The molecule has 0 saturated heterocycles. The van der Waals surface area contributed by atoms with Gasteiger partial charge in [0, 0.05) is 18.3 Å². The Morgan fingerprint density at radius 2 is 1.30 bits per heavy atom. The Hall–Kier alpha value is -3.21. The number of benzene rings is 3. The van der Waals surface area contributed by atoms with Crippen LogP contribution >= 0.6 is 11.3 Å². The molecule has 0 saturated carbocycles. The molecule has 1 unspecified atom stereocenters. The molecule has 4 rings (SSSR count). The first-order valence-electron chi connectivity index (χ1n) is 11.3. The van der Waals surface area contributed by atoms with Crippen LogP contribution in [0, 0.1) is 0 Å². The SMILES string of the molecule is CC(=O)OC(C)N(CCc1cccs1)C(c1ccccc1)(c1ccccc1)c1ccccc1. The van der Waals surface area contributed by atoms with Gasteiger partial charge >= 0.3 is 5.97 Å². The Kier molecular flexibility index (Phi) is 7.38. The van der Waals surface area contributed by atoms with Crippen molar-refractivity contribution < 1.29 is 9.53 Å². The highest BCUT2D eigenvalue weighted by Gasteiger charge is 2.44. The summed E-state index contributed by atoms with van der Waals surface area (Å²) in [6.45, 7) is 4.16. The van der Waals surface area contributed by atoms with Crippen LogP contribution in [0.15, 0.2) is 109 Å². The van der Waals surface area contributed by atoms with Crippen molar-refractivity contribution >= 4 is 17.3 Å². The Morgan fingerprint density at radius 1 is 0.818 bits per heavy atom. The minimum absolute atomic E-state index is 0.285. The van der Waals surface area contributed by atoms with Gasteiger partial charge in [0.15, 0.2) is 6.23 Å². The largest absolute Gasteiger partial charge is 0.447 e. The van der Waals surface area contributed by atoms with Crippen LogP contribution in [0.3, 0.4) is 0 Å². The predicted octanol–water partition coefficient (Wildman–Crippen LogP) is 6.49. The Bertz CT molecular complexity index is 1030. The van der Waals surface area contributed by atoms with Crippen molar-refractivity contribution in [3.8, 4) is 0 Å². The van der Waals surface area contributed by atoms with Crippen LogP contribution in [0.25, 0.3) is 0 Å². The maximum Gasteiger partial charge on any atom is 0.304 e. The first-order valence-corrected chi connectivity index (χ1v) is 12.1. The molecule has 0 aliphatic carbocycles. The van der Waals surface area contributed by atoms with E-state index in [1.807, 2.05) is 25.1 Å². The summed E-state index contributed by atoms with van der Waals surface area (Å²) >= 11 is 1.75. The lowest BCUT2D eigenvalue weighted by atomic mass is 9.75. The van der Waals surface area contributed by atoms with E-state index in [1.54, 1.807) is 11.3 Å². The van der Waals surface area contributed by atoms with Crippen molar-refractivity contribution in [2.24, 2.45) is 0 Å². The van der Waals surface area contributed by atoms with Crippen LogP contribution in [0.1, 0.15) is 35.4 Å². The van der Waals surface area contributed by atoms with E-state index in [-0.39, 0.29) is 5.97 Å². The fourth-order valence-corrected chi connectivity index (χ4v) is 5.35. The standard InChI is InChI=1S/C29H29NO2S/c1-23(32-24(2)31)30(21-20-28-19-12-22-33-28)29(25-13-6-3-7-14-25,26-15-8-4-9-16-26)27-17-10-5-11-18-27/h3-19,22-23H,20-21H2,1-2H3. The normalized spacial score (nSPS) is 12.5. The highest BCUT2D eigenvalue weighted by molar-refractivity contribution is 7.09. The van der Waals surface area contributed by atoms with Gasteiger partial charge in [0.05, 0.1) is 0 Å². The second-order valence-electron chi connectivity index (χ2n) is 8.04. The van der Waals surface area contributed by atoms with Crippen LogP contribution in [-0.2, 0) is 21.5 Å². The Balaban J connectivity index is 1.97. The van der Waals surface area contributed by atoms with Gasteiger partial charge < -0.3 is 4.74 Å². The van der Waals surface area contributed by atoms with Crippen molar-refractivity contribution in [3.63, 3.8) is 0 Å². The summed E-state index contributed by atoms with van der Waals surface area (Å²) in [4.78, 5) is 15.7. The van der Waals surface area contributed by atoms with Gasteiger partial charge in [-0.1, -0.05) is 97.1 Å². The van der Waals surface area contributed by atoms with E-state index in [0.717, 1.165) is 23.1 Å². The molecule has 4 aromatic rings. The van der Waals surface area contributed by atoms with Gasteiger partial charge in [-0.15, -0.1) is 11.3 Å². The van der Waals surface area contributed by atoms with Crippen molar-refractivity contribution in [3.05, 3.63) is 130 Å². The first kappa shape index (κ1) is 23.0. The fraction of sp³-hybridized carbons (Fsp3) is 0.207. The van der Waals surface area contributed by atoms with Gasteiger partial charge in [-0.2, -0.15) is 0 Å². The predicted molar refractivity (Wildman–Crippen MR) is 135 cm³/mol. The average Bonchev–Trinajstić information content (AvgIpc) is 3.37. The molecule has 168 valence electrons. The molecule has 0 fully saturated rings. The molecule has 0 bridgehead atoms. The third-order valence-corrected chi connectivity index (χ3v) is 6.90. The molecule has 0 aliphatic rings. The Morgan fingerprint density at radius 3 is 1.70 bits per heavy atom. The quantitative estimate of drug-likeness (QED) is 0.164. The summed E-state index contributed by atoms with van der Waals surface area (Å²) in [6, 6.07) is 35.8. The monoisotopic (exact) mass is 455 g/mol. The van der Waals surface area contributed by atoms with Crippen molar-refractivity contribution in [1.29, 1.82) is 0 Å². The zero-order valence-electron chi connectivity index (χ0n) is 19.1. The molecule has 0 aliphatic heterocycles. The molecule has 1 aromatic heterocycles. The van der Waals surface area contributed by atoms with Gasteiger partial charge in [-0.3, -0.25) is 9.69 Å². The number of thiophene rings is 1. The summed E-state index contributed by atoms with van der Waals surface area (Å²) in [7, 11) is 0. The molecule has 3 nitrogen and oxygen atoms in total. The minimum atomic E-state index is -0.643. The molecule has 33 heavy (non-hydrogen) atoms. The highest BCUT2D eigenvalue weighted by Crippen LogP contribution is 2.43. The molecule has 0 N–H and O–H groups in total. The van der Waals surface area contributed by atoms with E-state index in [1.165, 1.54) is 11.8 Å². The molecular formula is C29H29NO2S. The molecular weight excluding hydrogens is 426 g/mol. The maximum absolute atomic E-state index is 12.1. The lowest BCUT2D eigenvalue weighted by Crippen LogP contribution is -2.54. The summed E-state index contributed by atoms with van der Waals surface area (Å²) in [5.41, 5.74) is 2.75. The summed E-state index contributed by atoms with van der Waals surface area (Å²) in [5.74, 6) is -0.285. The van der Waals surface area contributed by atoms with E-state index in [9.17, 15) is 4.79 Å². The number of carbonyl (C=O) groups is 1. The molecule has 1 heterocycles. The summed E-state index contributed by atoms with van der Waals surface area (Å²) in [6.07, 6.45) is 0.417. The lowest BCUT2D eigenvalue weighted by molar-refractivity contribution is -0.159. The third kappa shape index (κ3) is 4.92. The van der Waals surface area contributed by atoms with Crippen LogP contribution in [0.5, 0.6) is 0 Å². The van der Waals surface area contributed by atoms with Crippen LogP contribution in [0.2, 0.25) is 0 Å². The van der Waals surface area contributed by atoms with E-state index in [2.05, 4.69) is 95.2 Å². The number of rotatable bonds is 9. The van der Waals surface area contributed by atoms with Crippen LogP contribution in [0.4, 0.5) is 0 Å². The third-order valence-electron chi connectivity index (χ3n) is 5.96. The zero-order chi connectivity index (χ0) is 23.1. The molecule has 0 spiro atoms. The van der Waals surface area contributed by atoms with Gasteiger partial charge in [0.25, 0.3) is 0 Å².